The average Bonchev–Trinajstić information content (AvgIpc) is 2.84. The number of carbonyl (C=O) groups is 1. The molecule has 0 radical (unpaired) electrons. The maximum Gasteiger partial charge on any atom is 0.256 e. The van der Waals surface area contributed by atoms with Crippen molar-refractivity contribution in [2.45, 2.75) is 20.3 Å². The Morgan fingerprint density at radius 1 is 1.18 bits per heavy atom. The van der Waals surface area contributed by atoms with Gasteiger partial charge in [0.05, 0.1) is 30.6 Å². The first kappa shape index (κ1) is 22.6. The Balaban J connectivity index is 1.60. The van der Waals surface area contributed by atoms with Gasteiger partial charge >= 0.3 is 0 Å². The summed E-state index contributed by atoms with van der Waals surface area (Å²) >= 11 is 0. The summed E-state index contributed by atoms with van der Waals surface area (Å²) in [5.74, 6) is 0.191. The molecule has 0 bridgehead atoms. The first-order valence-electron chi connectivity index (χ1n) is 11.2. The lowest BCUT2D eigenvalue weighted by Crippen LogP contribution is -2.36. The fourth-order valence-electron chi connectivity index (χ4n) is 3.73. The number of aromatic nitrogens is 1. The fourth-order valence-corrected chi connectivity index (χ4v) is 3.73. The third-order valence-corrected chi connectivity index (χ3v) is 5.54. The molecule has 0 unspecified atom stereocenters. The second kappa shape index (κ2) is 10.3. The van der Waals surface area contributed by atoms with E-state index in [1.165, 1.54) is 0 Å². The molecule has 0 aliphatic carbocycles. The van der Waals surface area contributed by atoms with Crippen LogP contribution in [0.25, 0.3) is 16.7 Å². The van der Waals surface area contributed by atoms with Crippen LogP contribution in [0.1, 0.15) is 35.0 Å². The van der Waals surface area contributed by atoms with Crippen LogP contribution in [-0.2, 0) is 9.47 Å². The Kier molecular flexibility index (Phi) is 7.05. The highest BCUT2D eigenvalue weighted by molar-refractivity contribution is 6.12. The number of amides is 1. The predicted octanol–water partition coefficient (Wildman–Crippen LogP) is 5.54. The van der Waals surface area contributed by atoms with Gasteiger partial charge in [-0.25, -0.2) is 4.98 Å². The Morgan fingerprint density at radius 2 is 1.94 bits per heavy atom. The van der Waals surface area contributed by atoms with E-state index >= 15 is 0 Å². The maximum absolute atomic E-state index is 13.3. The molecule has 0 spiro atoms. The summed E-state index contributed by atoms with van der Waals surface area (Å²) in [7, 11) is 0. The summed E-state index contributed by atoms with van der Waals surface area (Å²) in [5.41, 5.74) is 4.69. The van der Waals surface area contributed by atoms with Gasteiger partial charge < -0.3 is 19.7 Å². The molecule has 2 aromatic carbocycles. The number of hydrogen-bond acceptors (Lipinski definition) is 5. The summed E-state index contributed by atoms with van der Waals surface area (Å²) < 4.78 is 11.0. The van der Waals surface area contributed by atoms with Gasteiger partial charge in [-0.2, -0.15) is 0 Å². The van der Waals surface area contributed by atoms with E-state index in [1.807, 2.05) is 62.4 Å². The van der Waals surface area contributed by atoms with Gasteiger partial charge in [0, 0.05) is 29.9 Å². The zero-order valence-corrected chi connectivity index (χ0v) is 19.1. The number of allylic oxidation sites excluding steroid dienone is 1. The molecule has 6 heteroatoms. The summed E-state index contributed by atoms with van der Waals surface area (Å²) in [6, 6.07) is 15.5. The minimum atomic E-state index is -0.203. The van der Waals surface area contributed by atoms with Crippen LogP contribution in [0.15, 0.2) is 67.4 Å². The molecule has 0 atom stereocenters. The van der Waals surface area contributed by atoms with Crippen LogP contribution in [0.5, 0.6) is 0 Å². The van der Waals surface area contributed by atoms with E-state index in [1.54, 1.807) is 12.3 Å². The van der Waals surface area contributed by atoms with E-state index < -0.39 is 0 Å². The van der Waals surface area contributed by atoms with E-state index in [2.05, 4.69) is 21.8 Å². The van der Waals surface area contributed by atoms with Crippen LogP contribution < -0.4 is 10.2 Å². The van der Waals surface area contributed by atoms with Crippen molar-refractivity contribution in [2.75, 3.05) is 36.5 Å². The molecular weight excluding hydrogens is 414 g/mol. The van der Waals surface area contributed by atoms with Gasteiger partial charge in [0.25, 0.3) is 5.91 Å². The van der Waals surface area contributed by atoms with Crippen molar-refractivity contribution in [2.24, 2.45) is 0 Å². The summed E-state index contributed by atoms with van der Waals surface area (Å²) in [5, 5.41) is 3.81. The van der Waals surface area contributed by atoms with Crippen molar-refractivity contribution in [1.29, 1.82) is 0 Å². The molecule has 1 N–H and O–H groups in total. The number of aryl methyl sites for hydroxylation is 1. The summed E-state index contributed by atoms with van der Waals surface area (Å²) in [4.78, 5) is 20.2. The van der Waals surface area contributed by atoms with Crippen molar-refractivity contribution < 1.29 is 14.3 Å². The van der Waals surface area contributed by atoms with Crippen molar-refractivity contribution >= 4 is 33.9 Å². The van der Waals surface area contributed by atoms with Crippen LogP contribution in [0.4, 0.5) is 11.4 Å². The number of morpholine rings is 1. The molecule has 0 saturated carbocycles. The van der Waals surface area contributed by atoms with E-state index in [9.17, 15) is 4.79 Å². The number of anilines is 2. The van der Waals surface area contributed by atoms with Crippen LogP contribution in [0.3, 0.4) is 0 Å². The number of benzene rings is 2. The number of carbonyl (C=O) groups excluding carboxylic acids is 1. The number of nitrogens with one attached hydrogen (secondary N) is 1. The quantitative estimate of drug-likeness (QED) is 0.486. The van der Waals surface area contributed by atoms with E-state index in [0.29, 0.717) is 17.0 Å². The zero-order chi connectivity index (χ0) is 23.2. The smallest absolute Gasteiger partial charge is 0.256 e. The largest absolute Gasteiger partial charge is 0.464 e. The number of ether oxygens (including phenoxy) is 2. The Bertz CT molecular complexity index is 1180. The molecule has 2 heterocycles. The number of hydrogen-bond donors (Lipinski definition) is 1. The normalized spacial score (nSPS) is 13.9. The molecule has 1 amide bonds. The van der Waals surface area contributed by atoms with Crippen molar-refractivity contribution in [3.63, 3.8) is 0 Å². The van der Waals surface area contributed by atoms with E-state index in [0.717, 1.165) is 60.6 Å². The second-order valence-corrected chi connectivity index (χ2v) is 8.00. The van der Waals surface area contributed by atoms with Crippen molar-refractivity contribution in [3.8, 4) is 0 Å². The lowest BCUT2D eigenvalue weighted by atomic mass is 10.0. The molecule has 4 rings (SSSR count). The minimum absolute atomic E-state index is 0.203. The Labute approximate surface area is 194 Å². The van der Waals surface area contributed by atoms with Crippen molar-refractivity contribution in [1.82, 2.24) is 4.98 Å². The molecule has 1 aliphatic rings. The SMILES string of the molecule is C=C(O/C=C\CC)c1cc(C(=O)Nc2ccc(N3CCOCC3)cc2)c2cc(C)ccc2n1. The van der Waals surface area contributed by atoms with Crippen LogP contribution in [0, 0.1) is 6.92 Å². The molecule has 1 aromatic heterocycles. The molecule has 33 heavy (non-hydrogen) atoms. The number of fused-ring (bicyclic) bond motifs is 1. The number of pyridine rings is 1. The van der Waals surface area contributed by atoms with Gasteiger partial charge in [-0.3, -0.25) is 4.79 Å². The van der Waals surface area contributed by atoms with Gasteiger partial charge in [0.1, 0.15) is 11.5 Å². The highest BCUT2D eigenvalue weighted by Gasteiger charge is 2.16. The second-order valence-electron chi connectivity index (χ2n) is 8.00. The Hall–Kier alpha value is -3.64. The van der Waals surface area contributed by atoms with Gasteiger partial charge in [-0.05, 0) is 61.9 Å². The number of rotatable bonds is 7. The van der Waals surface area contributed by atoms with E-state index in [-0.39, 0.29) is 5.91 Å². The molecule has 1 fully saturated rings. The van der Waals surface area contributed by atoms with Crippen LogP contribution in [-0.4, -0.2) is 37.2 Å². The fraction of sp³-hybridized carbons (Fsp3) is 0.259. The number of nitrogens with zero attached hydrogens (tertiary/aromatic N) is 2. The highest BCUT2D eigenvalue weighted by Crippen LogP contribution is 2.25. The van der Waals surface area contributed by atoms with Gasteiger partial charge in [0.2, 0.25) is 0 Å². The third kappa shape index (κ3) is 5.41. The Morgan fingerprint density at radius 3 is 2.67 bits per heavy atom. The van der Waals surface area contributed by atoms with E-state index in [4.69, 9.17) is 9.47 Å². The molecule has 6 nitrogen and oxygen atoms in total. The lowest BCUT2D eigenvalue weighted by Gasteiger charge is -2.28. The predicted molar refractivity (Wildman–Crippen MR) is 133 cm³/mol. The standard InChI is InChI=1S/C27H29N3O3/c1-4-5-14-33-20(3)26-18-24(23-17-19(2)6-11-25(23)29-26)27(31)28-21-7-9-22(10-8-21)30-12-15-32-16-13-30/h5-11,14,17-18H,3-4,12-13,15-16H2,1-2H3,(H,28,31)/b14-5-. The molecule has 1 aliphatic heterocycles. The first-order valence-corrected chi connectivity index (χ1v) is 11.2. The highest BCUT2D eigenvalue weighted by atomic mass is 16.5. The molecular formula is C27H29N3O3. The first-order chi connectivity index (χ1) is 16.0. The molecule has 3 aromatic rings. The van der Waals surface area contributed by atoms with Crippen LogP contribution in [0.2, 0.25) is 0 Å². The summed E-state index contributed by atoms with van der Waals surface area (Å²) in [6.07, 6.45) is 4.35. The van der Waals surface area contributed by atoms with Gasteiger partial charge in [-0.1, -0.05) is 25.1 Å². The average molecular weight is 444 g/mol. The molecule has 1 saturated heterocycles. The van der Waals surface area contributed by atoms with Gasteiger partial charge in [-0.15, -0.1) is 0 Å². The van der Waals surface area contributed by atoms with Crippen molar-refractivity contribution in [3.05, 3.63) is 84.3 Å². The zero-order valence-electron chi connectivity index (χ0n) is 19.1. The minimum Gasteiger partial charge on any atom is -0.464 e. The maximum atomic E-state index is 13.3. The molecule has 170 valence electrons. The summed E-state index contributed by atoms with van der Waals surface area (Å²) in [6.45, 7) is 11.2. The lowest BCUT2D eigenvalue weighted by molar-refractivity contribution is 0.102. The topological polar surface area (TPSA) is 63.7 Å². The monoisotopic (exact) mass is 443 g/mol. The third-order valence-electron chi connectivity index (χ3n) is 5.54. The van der Waals surface area contributed by atoms with Crippen LogP contribution >= 0.6 is 0 Å². The van der Waals surface area contributed by atoms with Gasteiger partial charge in [0.15, 0.2) is 0 Å².